The number of thiophene rings is 1. The molecule has 2 heterocycles. The zero-order valence-corrected chi connectivity index (χ0v) is 15.2. The van der Waals surface area contributed by atoms with Crippen LogP contribution in [0.25, 0.3) is 10.7 Å². The van der Waals surface area contributed by atoms with Crippen molar-refractivity contribution in [1.82, 2.24) is 15.5 Å². The maximum atomic E-state index is 11.7. The van der Waals surface area contributed by atoms with Gasteiger partial charge in [0.15, 0.2) is 6.61 Å². The van der Waals surface area contributed by atoms with Crippen LogP contribution in [0.2, 0.25) is 0 Å². The number of hydrogen-bond donors (Lipinski definition) is 1. The highest BCUT2D eigenvalue weighted by atomic mass is 32.1. The fraction of sp³-hybridized carbons (Fsp3) is 0.316. The molecule has 1 N–H and O–H groups in total. The average Bonchev–Trinajstić information content (AvgIpc) is 3.20. The summed E-state index contributed by atoms with van der Waals surface area (Å²) in [6, 6.07) is 11.7. The lowest BCUT2D eigenvalue weighted by molar-refractivity contribution is -0.122. The summed E-state index contributed by atoms with van der Waals surface area (Å²) in [5.74, 6) is 2.11. The van der Waals surface area contributed by atoms with Crippen molar-refractivity contribution in [1.29, 1.82) is 0 Å². The molecule has 7 heteroatoms. The molecule has 6 nitrogen and oxygen atoms in total. The molecule has 1 aliphatic carbocycles. The number of amides is 1. The van der Waals surface area contributed by atoms with Gasteiger partial charge in [-0.1, -0.05) is 17.3 Å². The first-order valence-electron chi connectivity index (χ1n) is 8.56. The molecule has 4 rings (SSSR count). The second-order valence-corrected chi connectivity index (χ2v) is 7.54. The summed E-state index contributed by atoms with van der Waals surface area (Å²) in [4.78, 5) is 18.1. The van der Waals surface area contributed by atoms with E-state index < -0.39 is 0 Å². The Morgan fingerprint density at radius 1 is 1.35 bits per heavy atom. The van der Waals surface area contributed by atoms with Crippen molar-refractivity contribution in [2.45, 2.75) is 32.9 Å². The van der Waals surface area contributed by atoms with Gasteiger partial charge in [-0.2, -0.15) is 4.98 Å². The second-order valence-electron chi connectivity index (χ2n) is 6.37. The summed E-state index contributed by atoms with van der Waals surface area (Å²) in [7, 11) is 0. The number of aryl methyl sites for hydroxylation is 1. The van der Waals surface area contributed by atoms with Crippen molar-refractivity contribution in [3.63, 3.8) is 0 Å². The third-order valence-electron chi connectivity index (χ3n) is 4.09. The average molecular weight is 369 g/mol. The van der Waals surface area contributed by atoms with E-state index in [0.717, 1.165) is 33.9 Å². The highest BCUT2D eigenvalue weighted by Crippen LogP contribution is 2.30. The van der Waals surface area contributed by atoms with Crippen molar-refractivity contribution < 1.29 is 14.1 Å². The van der Waals surface area contributed by atoms with Crippen LogP contribution in [0.3, 0.4) is 0 Å². The van der Waals surface area contributed by atoms with Crippen LogP contribution >= 0.6 is 11.3 Å². The van der Waals surface area contributed by atoms with E-state index >= 15 is 0 Å². The standard InChI is InChI=1S/C19H19N3O3S/c1-12-3-2-4-14(9-12)24-11-17-21-18(22-25-17)16-8-7-15(26-16)10-20-19(23)13-5-6-13/h2-4,7-9,13H,5-6,10-11H2,1H3,(H,20,23). The molecule has 1 aromatic carbocycles. The Morgan fingerprint density at radius 2 is 2.23 bits per heavy atom. The lowest BCUT2D eigenvalue weighted by Gasteiger charge is -2.03. The lowest BCUT2D eigenvalue weighted by Crippen LogP contribution is -2.23. The van der Waals surface area contributed by atoms with Gasteiger partial charge in [0.05, 0.1) is 11.4 Å². The van der Waals surface area contributed by atoms with Gasteiger partial charge in [-0.15, -0.1) is 11.3 Å². The normalized spacial score (nSPS) is 13.6. The number of aromatic nitrogens is 2. The molecule has 0 saturated heterocycles. The van der Waals surface area contributed by atoms with E-state index in [1.54, 1.807) is 11.3 Å². The molecule has 3 aromatic rings. The summed E-state index contributed by atoms with van der Waals surface area (Å²) in [5.41, 5.74) is 1.13. The first-order chi connectivity index (χ1) is 12.7. The summed E-state index contributed by atoms with van der Waals surface area (Å²) in [5, 5.41) is 6.98. The summed E-state index contributed by atoms with van der Waals surface area (Å²) in [6.45, 7) is 2.78. The van der Waals surface area contributed by atoms with Crippen molar-refractivity contribution in [3.05, 3.63) is 52.7 Å². The number of carbonyl (C=O) groups is 1. The molecule has 2 aromatic heterocycles. The molecule has 0 radical (unpaired) electrons. The van der Waals surface area contributed by atoms with Crippen molar-refractivity contribution in [2.75, 3.05) is 0 Å². The molecule has 0 bridgehead atoms. The topological polar surface area (TPSA) is 77.2 Å². The summed E-state index contributed by atoms with van der Waals surface area (Å²) < 4.78 is 10.9. The maximum absolute atomic E-state index is 11.7. The third kappa shape index (κ3) is 4.11. The molecule has 1 saturated carbocycles. The number of hydrogen-bond acceptors (Lipinski definition) is 6. The lowest BCUT2D eigenvalue weighted by atomic mass is 10.2. The highest BCUT2D eigenvalue weighted by molar-refractivity contribution is 7.15. The molecule has 0 spiro atoms. The maximum Gasteiger partial charge on any atom is 0.264 e. The molecule has 0 unspecified atom stereocenters. The Labute approximate surface area is 155 Å². The predicted octanol–water partition coefficient (Wildman–Crippen LogP) is 3.71. The quantitative estimate of drug-likeness (QED) is 0.687. The minimum atomic E-state index is 0.148. The van der Waals surface area contributed by atoms with Crippen LogP contribution in [0.15, 0.2) is 40.9 Å². The zero-order chi connectivity index (χ0) is 17.9. The van der Waals surface area contributed by atoms with Gasteiger partial charge in [0.2, 0.25) is 11.7 Å². The van der Waals surface area contributed by atoms with Crippen LogP contribution in [0.5, 0.6) is 5.75 Å². The van der Waals surface area contributed by atoms with Gasteiger partial charge in [0.1, 0.15) is 5.75 Å². The van der Waals surface area contributed by atoms with E-state index in [4.69, 9.17) is 9.26 Å². The fourth-order valence-electron chi connectivity index (χ4n) is 2.52. The van der Waals surface area contributed by atoms with Gasteiger partial charge in [-0.3, -0.25) is 4.79 Å². The van der Waals surface area contributed by atoms with Crippen LogP contribution in [0.1, 0.15) is 29.2 Å². The van der Waals surface area contributed by atoms with E-state index in [9.17, 15) is 4.79 Å². The van der Waals surface area contributed by atoms with Crippen molar-refractivity contribution in [3.8, 4) is 16.5 Å². The minimum Gasteiger partial charge on any atom is -0.484 e. The first-order valence-corrected chi connectivity index (χ1v) is 9.38. The monoisotopic (exact) mass is 369 g/mol. The molecule has 0 atom stereocenters. The summed E-state index contributed by atoms with van der Waals surface area (Å²) in [6.07, 6.45) is 2.02. The molecule has 26 heavy (non-hydrogen) atoms. The van der Waals surface area contributed by atoms with E-state index in [2.05, 4.69) is 15.5 Å². The second kappa shape index (κ2) is 7.29. The third-order valence-corrected chi connectivity index (χ3v) is 5.17. The van der Waals surface area contributed by atoms with E-state index in [1.807, 2.05) is 43.3 Å². The first kappa shape index (κ1) is 16.8. The predicted molar refractivity (Wildman–Crippen MR) is 97.7 cm³/mol. The van der Waals surface area contributed by atoms with E-state index in [1.165, 1.54) is 0 Å². The number of nitrogens with zero attached hydrogens (tertiary/aromatic N) is 2. The smallest absolute Gasteiger partial charge is 0.264 e. The molecule has 1 aliphatic rings. The Morgan fingerprint density at radius 3 is 3.04 bits per heavy atom. The van der Waals surface area contributed by atoms with Gasteiger partial charge in [0, 0.05) is 10.8 Å². The highest BCUT2D eigenvalue weighted by Gasteiger charge is 2.29. The largest absolute Gasteiger partial charge is 0.484 e. The van der Waals surface area contributed by atoms with Gasteiger partial charge in [0.25, 0.3) is 5.89 Å². The number of rotatable bonds is 7. The molecular formula is C19H19N3O3S. The van der Waals surface area contributed by atoms with Crippen LogP contribution in [-0.4, -0.2) is 16.0 Å². The van der Waals surface area contributed by atoms with Crippen molar-refractivity contribution >= 4 is 17.2 Å². The fourth-order valence-corrected chi connectivity index (χ4v) is 3.39. The van der Waals surface area contributed by atoms with Gasteiger partial charge in [-0.05, 0) is 49.6 Å². The van der Waals surface area contributed by atoms with Gasteiger partial charge < -0.3 is 14.6 Å². The molecule has 134 valence electrons. The Kier molecular flexibility index (Phi) is 4.71. The number of carbonyl (C=O) groups excluding carboxylic acids is 1. The molecule has 1 amide bonds. The van der Waals surface area contributed by atoms with Crippen LogP contribution < -0.4 is 10.1 Å². The number of benzene rings is 1. The zero-order valence-electron chi connectivity index (χ0n) is 14.4. The van der Waals surface area contributed by atoms with Gasteiger partial charge >= 0.3 is 0 Å². The molecular weight excluding hydrogens is 350 g/mol. The summed E-state index contributed by atoms with van der Waals surface area (Å²) >= 11 is 1.55. The molecule has 1 fully saturated rings. The van der Waals surface area contributed by atoms with Crippen LogP contribution in [-0.2, 0) is 17.9 Å². The van der Waals surface area contributed by atoms with Gasteiger partial charge in [-0.25, -0.2) is 0 Å². The van der Waals surface area contributed by atoms with E-state index in [0.29, 0.717) is 18.3 Å². The Balaban J connectivity index is 1.34. The van der Waals surface area contributed by atoms with Crippen LogP contribution in [0, 0.1) is 12.8 Å². The van der Waals surface area contributed by atoms with E-state index in [-0.39, 0.29) is 18.4 Å². The number of ether oxygens (including phenoxy) is 1. The van der Waals surface area contributed by atoms with Crippen LogP contribution in [0.4, 0.5) is 0 Å². The SMILES string of the molecule is Cc1cccc(OCc2nc(-c3ccc(CNC(=O)C4CC4)s3)no2)c1. The Hall–Kier alpha value is -2.67. The molecule has 0 aliphatic heterocycles. The number of nitrogens with one attached hydrogen (secondary N) is 1. The van der Waals surface area contributed by atoms with Crippen molar-refractivity contribution in [2.24, 2.45) is 5.92 Å². The Bertz CT molecular complexity index is 914. The minimum absolute atomic E-state index is 0.148.